The lowest BCUT2D eigenvalue weighted by Gasteiger charge is -2.22. The molecule has 1 aliphatic rings. The molecule has 0 unspecified atom stereocenters. The maximum atomic E-state index is 6.40. The van der Waals surface area contributed by atoms with Crippen LogP contribution in [0.1, 0.15) is 71.4 Å². The third-order valence-corrected chi connectivity index (χ3v) is 21.9. The third kappa shape index (κ3) is 11.4. The minimum Gasteiger partial charge on any atom is -0.456 e. The van der Waals surface area contributed by atoms with Gasteiger partial charge in [0, 0.05) is 70.2 Å². The Balaban J connectivity index is 0.0000000911. The summed E-state index contributed by atoms with van der Waals surface area (Å²) in [7, 11) is 0. The number of rotatable bonds is 2. The fourth-order valence-corrected chi connectivity index (χ4v) is 16.8. The Morgan fingerprint density at radius 3 is 1.20 bits per heavy atom. The van der Waals surface area contributed by atoms with Crippen LogP contribution in [0, 0.1) is 34.6 Å². The van der Waals surface area contributed by atoms with E-state index in [0.717, 1.165) is 61.4 Å². The number of furan rings is 5. The molecular formula is C101H76O5. The summed E-state index contributed by atoms with van der Waals surface area (Å²) >= 11 is 0. The van der Waals surface area contributed by atoms with Gasteiger partial charge in [-0.25, -0.2) is 0 Å². The number of fused-ring (bicyclic) bond motifs is 27. The lowest BCUT2D eigenvalue weighted by molar-refractivity contribution is 0.442. The highest BCUT2D eigenvalue weighted by molar-refractivity contribution is 6.30. The van der Waals surface area contributed by atoms with Crippen molar-refractivity contribution in [3.63, 3.8) is 0 Å². The average molecular weight is 1370 g/mol. The standard InChI is InChI=1S/C23H22O.C23H16O.C21H14O.2C17H12O/c2*1-15-11-12-21-20(13-15)22-18-10-6-5-9-17(18)14-19(23(22)24-21)16-7-3-2-4-8-16;1-13-10-11-19-18(12-13)20-16-8-4-2-6-14(16)15-7-3-5-9-17(15)21(20)22-19;1-11-6-9-16-15(10-11)14-8-7-12-4-2-3-5-13(12)17(14)18-16;1-11-6-7-16-14(8-11)15-9-12-4-2-3-5-13(12)10-17(15)18-16/h5-6,9-14,16H,2-4,7-8H2,1H3;2-14H,1H3;2-12H,1H3;2*2-10H,1H3. The molecule has 5 heteroatoms. The molecule has 0 radical (unpaired) electrons. The summed E-state index contributed by atoms with van der Waals surface area (Å²) in [5, 5.41) is 27.3. The molecule has 1 fully saturated rings. The minimum atomic E-state index is 0.646. The molecule has 5 heterocycles. The number of hydrogen-bond donors (Lipinski definition) is 0. The van der Waals surface area contributed by atoms with E-state index in [1.165, 1.54) is 190 Å². The van der Waals surface area contributed by atoms with Crippen LogP contribution in [0.5, 0.6) is 0 Å². The SMILES string of the molecule is Cc1ccc2oc3c(-c4ccccc4)cc4ccccc4c3c2c1.Cc1ccc2oc3c(C4CCCCC4)cc4ccccc4c3c2c1.Cc1ccc2oc3c4ccccc4c4ccccc4c3c2c1.Cc1ccc2oc3c4ccccc4ccc3c2c1.Cc1ccc2oc3cc4ccccc4cc3c2c1. The molecule has 17 aromatic carbocycles. The zero-order chi connectivity index (χ0) is 71.1. The van der Waals surface area contributed by atoms with Crippen molar-refractivity contribution in [1.82, 2.24) is 0 Å². The van der Waals surface area contributed by atoms with Crippen LogP contribution in [0.2, 0.25) is 0 Å². The first kappa shape index (κ1) is 64.2. The summed E-state index contributed by atoms with van der Waals surface area (Å²) < 4.78 is 30.9. The van der Waals surface area contributed by atoms with Crippen molar-refractivity contribution in [2.75, 3.05) is 0 Å². The smallest absolute Gasteiger partial charge is 0.143 e. The van der Waals surface area contributed by atoms with Crippen molar-refractivity contribution in [1.29, 1.82) is 0 Å². The van der Waals surface area contributed by atoms with E-state index >= 15 is 0 Å². The summed E-state index contributed by atoms with van der Waals surface area (Å²) in [6.45, 7) is 10.6. The summed E-state index contributed by atoms with van der Waals surface area (Å²) in [5.41, 5.74) is 20.0. The Bertz CT molecular complexity index is 7170. The highest BCUT2D eigenvalue weighted by Crippen LogP contribution is 2.46. The second-order valence-electron chi connectivity index (χ2n) is 29.1. The molecule has 23 rings (SSSR count). The van der Waals surface area contributed by atoms with Gasteiger partial charge in [0.05, 0.1) is 0 Å². The number of benzene rings is 17. The molecule has 0 aliphatic heterocycles. The van der Waals surface area contributed by atoms with E-state index in [2.05, 4.69) is 332 Å². The van der Waals surface area contributed by atoms with Gasteiger partial charge in [0.1, 0.15) is 55.8 Å². The molecule has 0 saturated heterocycles. The summed E-state index contributed by atoms with van der Waals surface area (Å²) in [6, 6.07) is 107. The minimum absolute atomic E-state index is 0.646. The molecule has 5 aromatic heterocycles. The normalized spacial score (nSPS) is 12.7. The lowest BCUT2D eigenvalue weighted by Crippen LogP contribution is -2.04. The van der Waals surface area contributed by atoms with E-state index in [1.807, 2.05) is 6.07 Å². The lowest BCUT2D eigenvalue weighted by atomic mass is 9.82. The molecule has 510 valence electrons. The van der Waals surface area contributed by atoms with Gasteiger partial charge in [-0.1, -0.05) is 259 Å². The molecule has 5 nitrogen and oxygen atoms in total. The van der Waals surface area contributed by atoms with Gasteiger partial charge in [-0.3, -0.25) is 0 Å². The van der Waals surface area contributed by atoms with Crippen LogP contribution in [0.25, 0.3) is 185 Å². The van der Waals surface area contributed by atoms with Crippen molar-refractivity contribution < 1.29 is 22.1 Å². The van der Waals surface area contributed by atoms with Gasteiger partial charge in [0.25, 0.3) is 0 Å². The van der Waals surface area contributed by atoms with E-state index < -0.39 is 0 Å². The van der Waals surface area contributed by atoms with Crippen LogP contribution < -0.4 is 0 Å². The highest BCUT2D eigenvalue weighted by Gasteiger charge is 2.24. The Labute approximate surface area is 613 Å². The first-order chi connectivity index (χ1) is 52.1. The van der Waals surface area contributed by atoms with E-state index in [0.29, 0.717) is 5.92 Å². The van der Waals surface area contributed by atoms with E-state index in [9.17, 15) is 0 Å². The van der Waals surface area contributed by atoms with E-state index in [-0.39, 0.29) is 0 Å². The second-order valence-corrected chi connectivity index (χ2v) is 29.1. The van der Waals surface area contributed by atoms with Gasteiger partial charge in [0.2, 0.25) is 0 Å². The second kappa shape index (κ2) is 26.5. The molecule has 0 atom stereocenters. The Morgan fingerprint density at radius 1 is 0.217 bits per heavy atom. The van der Waals surface area contributed by atoms with Crippen molar-refractivity contribution in [2.24, 2.45) is 0 Å². The van der Waals surface area contributed by atoms with Crippen molar-refractivity contribution >= 4 is 174 Å². The maximum Gasteiger partial charge on any atom is 0.143 e. The van der Waals surface area contributed by atoms with Crippen LogP contribution in [-0.2, 0) is 0 Å². The quantitative estimate of drug-likeness (QED) is 0.161. The van der Waals surface area contributed by atoms with Gasteiger partial charge in [-0.2, -0.15) is 0 Å². The number of aryl methyl sites for hydroxylation is 5. The van der Waals surface area contributed by atoms with E-state index in [1.54, 1.807) is 0 Å². The van der Waals surface area contributed by atoms with Crippen molar-refractivity contribution in [3.8, 4) is 11.1 Å². The molecule has 0 bridgehead atoms. The Morgan fingerprint density at radius 2 is 0.604 bits per heavy atom. The van der Waals surface area contributed by atoms with Crippen LogP contribution >= 0.6 is 0 Å². The molecule has 0 spiro atoms. The van der Waals surface area contributed by atoms with Gasteiger partial charge in [-0.05, 0) is 209 Å². The van der Waals surface area contributed by atoms with Gasteiger partial charge >= 0.3 is 0 Å². The monoisotopic (exact) mass is 1370 g/mol. The highest BCUT2D eigenvalue weighted by atomic mass is 16.3. The molecule has 1 saturated carbocycles. The molecule has 0 N–H and O–H groups in total. The summed E-state index contributed by atoms with van der Waals surface area (Å²) in [4.78, 5) is 0. The molecular weight excluding hydrogens is 1290 g/mol. The van der Waals surface area contributed by atoms with Gasteiger partial charge in [0.15, 0.2) is 0 Å². The van der Waals surface area contributed by atoms with Crippen molar-refractivity contribution in [3.05, 3.63) is 337 Å². The zero-order valence-electron chi connectivity index (χ0n) is 60.0. The fourth-order valence-electron chi connectivity index (χ4n) is 16.8. The Kier molecular flexibility index (Phi) is 16.1. The molecule has 106 heavy (non-hydrogen) atoms. The van der Waals surface area contributed by atoms with Crippen LogP contribution in [0.15, 0.2) is 325 Å². The van der Waals surface area contributed by atoms with Crippen LogP contribution in [-0.4, -0.2) is 0 Å². The Hall–Kier alpha value is -12.7. The maximum absolute atomic E-state index is 6.40. The zero-order valence-corrected chi connectivity index (χ0v) is 60.0. The topological polar surface area (TPSA) is 65.7 Å². The molecule has 1 aliphatic carbocycles. The number of hydrogen-bond acceptors (Lipinski definition) is 5. The van der Waals surface area contributed by atoms with E-state index in [4.69, 9.17) is 22.1 Å². The first-order valence-corrected chi connectivity index (χ1v) is 37.2. The fraction of sp³-hybridized carbons (Fsp3) is 0.109. The van der Waals surface area contributed by atoms with Gasteiger partial charge < -0.3 is 22.1 Å². The van der Waals surface area contributed by atoms with Crippen molar-refractivity contribution in [2.45, 2.75) is 72.6 Å². The summed E-state index contributed by atoms with van der Waals surface area (Å²) in [6.07, 6.45) is 6.66. The average Bonchev–Trinajstić information content (AvgIpc) is 1.54. The van der Waals surface area contributed by atoms with Crippen LogP contribution in [0.3, 0.4) is 0 Å². The van der Waals surface area contributed by atoms with Crippen LogP contribution in [0.4, 0.5) is 0 Å². The predicted molar refractivity (Wildman–Crippen MR) is 449 cm³/mol. The third-order valence-electron chi connectivity index (χ3n) is 21.9. The molecule has 22 aromatic rings. The summed E-state index contributed by atoms with van der Waals surface area (Å²) in [5.74, 6) is 0.646. The largest absolute Gasteiger partial charge is 0.456 e. The van der Waals surface area contributed by atoms with Gasteiger partial charge in [-0.15, -0.1) is 0 Å². The first-order valence-electron chi connectivity index (χ1n) is 37.2. The predicted octanol–water partition coefficient (Wildman–Crippen LogP) is 30.1. The molecule has 0 amide bonds.